The molecule has 0 spiro atoms. The van der Waals surface area contributed by atoms with Gasteiger partial charge < -0.3 is 10.1 Å². The number of amides is 1. The van der Waals surface area contributed by atoms with Crippen LogP contribution in [0.5, 0.6) is 0 Å². The normalized spacial score (nSPS) is 10.7. The Balaban J connectivity index is 2.09. The summed E-state index contributed by atoms with van der Waals surface area (Å²) in [5.41, 5.74) is 0.887. The van der Waals surface area contributed by atoms with Crippen molar-refractivity contribution in [1.29, 1.82) is 0 Å². The standard InChI is InChI=1S/C12H15N3O3S/c1-4-18-10(16)6-13-11(17)9-5-8-7(2)14-15(3)12(8)19-9/h5H,4,6H2,1-3H3,(H,13,17). The maximum atomic E-state index is 11.9. The zero-order chi connectivity index (χ0) is 14.0. The first kappa shape index (κ1) is 13.5. The minimum atomic E-state index is -0.435. The van der Waals surface area contributed by atoms with Gasteiger partial charge in [-0.25, -0.2) is 0 Å². The molecule has 0 aliphatic heterocycles. The lowest BCUT2D eigenvalue weighted by molar-refractivity contribution is -0.141. The lowest BCUT2D eigenvalue weighted by Gasteiger charge is -2.02. The number of carbonyl (C=O) groups is 2. The van der Waals surface area contributed by atoms with E-state index in [1.807, 2.05) is 14.0 Å². The summed E-state index contributed by atoms with van der Waals surface area (Å²) in [4.78, 5) is 24.6. The molecule has 2 aromatic heterocycles. The SMILES string of the molecule is CCOC(=O)CNC(=O)c1cc2c(C)nn(C)c2s1. The number of fused-ring (bicyclic) bond motifs is 1. The lowest BCUT2D eigenvalue weighted by atomic mass is 10.3. The second-order valence-corrected chi connectivity index (χ2v) is 5.06. The highest BCUT2D eigenvalue weighted by Gasteiger charge is 2.15. The molecule has 1 N–H and O–H groups in total. The maximum absolute atomic E-state index is 11.9. The Kier molecular flexibility index (Phi) is 3.84. The minimum Gasteiger partial charge on any atom is -0.465 e. The number of nitrogens with one attached hydrogen (secondary N) is 1. The maximum Gasteiger partial charge on any atom is 0.325 e. The first-order valence-electron chi connectivity index (χ1n) is 5.90. The van der Waals surface area contributed by atoms with E-state index in [0.29, 0.717) is 11.5 Å². The fourth-order valence-corrected chi connectivity index (χ4v) is 2.81. The molecule has 0 aliphatic rings. The van der Waals surface area contributed by atoms with Gasteiger partial charge in [-0.1, -0.05) is 0 Å². The van der Waals surface area contributed by atoms with E-state index in [2.05, 4.69) is 10.4 Å². The number of rotatable bonds is 4. The zero-order valence-corrected chi connectivity index (χ0v) is 11.8. The smallest absolute Gasteiger partial charge is 0.325 e. The molecule has 0 aliphatic carbocycles. The third-order valence-electron chi connectivity index (χ3n) is 2.62. The van der Waals surface area contributed by atoms with E-state index in [4.69, 9.17) is 4.74 Å². The van der Waals surface area contributed by atoms with Gasteiger partial charge in [0.05, 0.1) is 17.2 Å². The molecular formula is C12H15N3O3S. The topological polar surface area (TPSA) is 73.2 Å². The van der Waals surface area contributed by atoms with Crippen molar-refractivity contribution in [3.8, 4) is 0 Å². The summed E-state index contributed by atoms with van der Waals surface area (Å²) in [5.74, 6) is -0.705. The first-order chi connectivity index (χ1) is 9.02. The molecule has 0 fully saturated rings. The summed E-state index contributed by atoms with van der Waals surface area (Å²) in [6, 6.07) is 1.79. The Morgan fingerprint density at radius 1 is 1.53 bits per heavy atom. The molecule has 0 saturated carbocycles. The number of ether oxygens (including phenoxy) is 1. The van der Waals surface area contributed by atoms with Crippen molar-refractivity contribution in [2.45, 2.75) is 13.8 Å². The van der Waals surface area contributed by atoms with Crippen molar-refractivity contribution < 1.29 is 14.3 Å². The van der Waals surface area contributed by atoms with Crippen LogP contribution in [0.4, 0.5) is 0 Å². The average Bonchev–Trinajstić information content (AvgIpc) is 2.90. The monoisotopic (exact) mass is 281 g/mol. The van der Waals surface area contributed by atoms with E-state index in [1.54, 1.807) is 17.7 Å². The summed E-state index contributed by atoms with van der Waals surface area (Å²) in [6.45, 7) is 3.82. The second kappa shape index (κ2) is 5.40. The first-order valence-corrected chi connectivity index (χ1v) is 6.71. The fraction of sp³-hybridized carbons (Fsp3) is 0.417. The van der Waals surface area contributed by atoms with Crippen molar-refractivity contribution >= 4 is 33.4 Å². The molecule has 0 aromatic carbocycles. The van der Waals surface area contributed by atoms with Crippen molar-refractivity contribution in [2.24, 2.45) is 7.05 Å². The van der Waals surface area contributed by atoms with Gasteiger partial charge in [0.2, 0.25) is 0 Å². The van der Waals surface area contributed by atoms with Crippen LogP contribution >= 0.6 is 11.3 Å². The Bertz CT molecular complexity index is 595. The van der Waals surface area contributed by atoms with E-state index in [-0.39, 0.29) is 12.5 Å². The number of thiophene rings is 1. The van der Waals surface area contributed by atoms with Gasteiger partial charge in [-0.15, -0.1) is 11.3 Å². The summed E-state index contributed by atoms with van der Waals surface area (Å²) in [5, 5.41) is 7.78. The van der Waals surface area contributed by atoms with Gasteiger partial charge in [-0.3, -0.25) is 14.3 Å². The third kappa shape index (κ3) is 2.76. The van der Waals surface area contributed by atoms with Crippen molar-refractivity contribution in [3.63, 3.8) is 0 Å². The molecule has 0 saturated heterocycles. The van der Waals surface area contributed by atoms with Crippen LogP contribution < -0.4 is 5.32 Å². The second-order valence-electron chi connectivity index (χ2n) is 4.03. The van der Waals surface area contributed by atoms with Crippen LogP contribution in [0.3, 0.4) is 0 Å². The summed E-state index contributed by atoms with van der Waals surface area (Å²) in [6.07, 6.45) is 0. The number of hydrogen-bond donors (Lipinski definition) is 1. The van der Waals surface area contributed by atoms with Crippen LogP contribution in [-0.2, 0) is 16.6 Å². The van der Waals surface area contributed by atoms with Gasteiger partial charge in [0.25, 0.3) is 5.91 Å². The predicted octanol–water partition coefficient (Wildman–Crippen LogP) is 1.24. The number of aromatic nitrogens is 2. The van der Waals surface area contributed by atoms with Crippen LogP contribution in [0.1, 0.15) is 22.3 Å². The number of esters is 1. The van der Waals surface area contributed by atoms with Gasteiger partial charge in [-0.05, 0) is 19.9 Å². The molecule has 102 valence electrons. The van der Waals surface area contributed by atoms with Crippen LogP contribution in [0.2, 0.25) is 0 Å². The van der Waals surface area contributed by atoms with Crippen LogP contribution in [-0.4, -0.2) is 34.8 Å². The van der Waals surface area contributed by atoms with Crippen LogP contribution in [0, 0.1) is 6.92 Å². The van der Waals surface area contributed by atoms with E-state index < -0.39 is 5.97 Å². The lowest BCUT2D eigenvalue weighted by Crippen LogP contribution is -2.30. The zero-order valence-electron chi connectivity index (χ0n) is 11.0. The molecule has 1 amide bonds. The summed E-state index contributed by atoms with van der Waals surface area (Å²) in [7, 11) is 1.84. The molecule has 7 heteroatoms. The molecule has 2 heterocycles. The van der Waals surface area contributed by atoms with Crippen LogP contribution in [0.15, 0.2) is 6.07 Å². The highest BCUT2D eigenvalue weighted by atomic mass is 32.1. The molecule has 0 bridgehead atoms. The highest BCUT2D eigenvalue weighted by Crippen LogP contribution is 2.27. The van der Waals surface area contributed by atoms with Crippen molar-refractivity contribution in [1.82, 2.24) is 15.1 Å². The minimum absolute atomic E-state index is 0.113. The molecular weight excluding hydrogens is 266 g/mol. The number of aryl methyl sites for hydroxylation is 2. The highest BCUT2D eigenvalue weighted by molar-refractivity contribution is 7.20. The van der Waals surface area contributed by atoms with Gasteiger partial charge in [0.1, 0.15) is 11.4 Å². The molecule has 2 rings (SSSR count). The fourth-order valence-electron chi connectivity index (χ4n) is 1.77. The summed E-state index contributed by atoms with van der Waals surface area (Å²) >= 11 is 1.35. The van der Waals surface area contributed by atoms with Gasteiger partial charge in [0, 0.05) is 12.4 Å². The van der Waals surface area contributed by atoms with Gasteiger partial charge in [0.15, 0.2) is 0 Å². The van der Waals surface area contributed by atoms with Gasteiger partial charge >= 0.3 is 5.97 Å². The quantitative estimate of drug-likeness (QED) is 0.856. The van der Waals surface area contributed by atoms with E-state index >= 15 is 0 Å². The van der Waals surface area contributed by atoms with E-state index in [9.17, 15) is 9.59 Å². The molecule has 0 atom stereocenters. The van der Waals surface area contributed by atoms with E-state index in [0.717, 1.165) is 15.9 Å². The van der Waals surface area contributed by atoms with E-state index in [1.165, 1.54) is 11.3 Å². The Hall–Kier alpha value is -1.89. The van der Waals surface area contributed by atoms with Crippen molar-refractivity contribution in [2.75, 3.05) is 13.2 Å². The Morgan fingerprint density at radius 3 is 2.89 bits per heavy atom. The summed E-state index contributed by atoms with van der Waals surface area (Å²) < 4.78 is 6.49. The van der Waals surface area contributed by atoms with Gasteiger partial charge in [-0.2, -0.15) is 5.10 Å². The molecule has 0 unspecified atom stereocenters. The Labute approximate surface area is 114 Å². The molecule has 0 radical (unpaired) electrons. The number of hydrogen-bond acceptors (Lipinski definition) is 5. The molecule has 2 aromatic rings. The third-order valence-corrected chi connectivity index (χ3v) is 3.82. The number of carbonyl (C=O) groups excluding carboxylic acids is 2. The molecule has 19 heavy (non-hydrogen) atoms. The average molecular weight is 281 g/mol. The van der Waals surface area contributed by atoms with Crippen molar-refractivity contribution in [3.05, 3.63) is 16.6 Å². The predicted molar refractivity (Wildman–Crippen MR) is 72.3 cm³/mol. The number of nitrogens with zero attached hydrogens (tertiary/aromatic N) is 2. The van der Waals surface area contributed by atoms with Crippen LogP contribution in [0.25, 0.3) is 10.2 Å². The Morgan fingerprint density at radius 2 is 2.26 bits per heavy atom. The largest absolute Gasteiger partial charge is 0.465 e. The molecule has 6 nitrogen and oxygen atoms in total.